The monoisotopic (exact) mass is 343 g/mol. The first kappa shape index (κ1) is 15.1. The van der Waals surface area contributed by atoms with Crippen LogP contribution >= 0.6 is 15.9 Å². The lowest BCUT2D eigenvalue weighted by Gasteiger charge is -2.05. The van der Waals surface area contributed by atoms with Crippen LogP contribution in [-0.2, 0) is 4.74 Å². The van der Waals surface area contributed by atoms with E-state index in [4.69, 9.17) is 15.0 Å². The third-order valence-corrected chi connectivity index (χ3v) is 3.48. The number of ether oxygens (including phenoxy) is 1. The maximum Gasteiger partial charge on any atom is 0.243 e. The van der Waals surface area contributed by atoms with Crippen LogP contribution in [0.15, 0.2) is 27.2 Å². The minimum Gasteiger partial charge on any atom is -0.385 e. The van der Waals surface area contributed by atoms with Crippen LogP contribution in [0.2, 0.25) is 0 Å². The Morgan fingerprint density at radius 2 is 2.30 bits per heavy atom. The molecule has 0 radical (unpaired) electrons. The van der Waals surface area contributed by atoms with Crippen molar-refractivity contribution in [3.8, 4) is 11.4 Å². The molecule has 1 heterocycles. The van der Waals surface area contributed by atoms with Gasteiger partial charge in [-0.1, -0.05) is 21.1 Å². The van der Waals surface area contributed by atoms with Gasteiger partial charge < -0.3 is 15.0 Å². The van der Waals surface area contributed by atoms with Gasteiger partial charge in [-0.05, 0) is 31.0 Å². The molecule has 1 atom stereocenters. The van der Waals surface area contributed by atoms with Crippen molar-refractivity contribution >= 4 is 15.9 Å². The van der Waals surface area contributed by atoms with Crippen molar-refractivity contribution in [2.75, 3.05) is 13.7 Å². The van der Waals surface area contributed by atoms with Crippen molar-refractivity contribution in [3.05, 3.63) is 34.4 Å². The fourth-order valence-corrected chi connectivity index (χ4v) is 2.16. The predicted octanol–water partition coefficient (Wildman–Crippen LogP) is 3.06. The van der Waals surface area contributed by atoms with E-state index in [0.717, 1.165) is 6.42 Å². The van der Waals surface area contributed by atoms with Crippen molar-refractivity contribution in [2.45, 2.75) is 18.9 Å². The number of nitrogens with zero attached hydrogens (tertiary/aromatic N) is 2. The molecule has 2 rings (SSSR count). The highest BCUT2D eigenvalue weighted by Gasteiger charge is 2.17. The molecule has 0 amide bonds. The Morgan fingerprint density at radius 3 is 3.05 bits per heavy atom. The number of benzene rings is 1. The minimum absolute atomic E-state index is 0.313. The van der Waals surface area contributed by atoms with Crippen LogP contribution in [0.25, 0.3) is 11.4 Å². The SMILES string of the molecule is COCCCC(N)c1nc(-c2cc(F)ccc2Br)no1. The van der Waals surface area contributed by atoms with Crippen LogP contribution in [0.3, 0.4) is 0 Å². The van der Waals surface area contributed by atoms with E-state index in [1.54, 1.807) is 13.2 Å². The molecule has 0 aliphatic carbocycles. The van der Waals surface area contributed by atoms with Gasteiger partial charge in [0, 0.05) is 23.8 Å². The molecule has 0 aliphatic heterocycles. The first-order chi connectivity index (χ1) is 9.61. The highest BCUT2D eigenvalue weighted by atomic mass is 79.9. The van der Waals surface area contributed by atoms with Gasteiger partial charge in [-0.15, -0.1) is 0 Å². The second kappa shape index (κ2) is 6.92. The number of rotatable bonds is 6. The van der Waals surface area contributed by atoms with Gasteiger partial charge in [0.15, 0.2) is 0 Å². The molecule has 108 valence electrons. The van der Waals surface area contributed by atoms with E-state index in [1.165, 1.54) is 12.1 Å². The largest absolute Gasteiger partial charge is 0.385 e. The zero-order chi connectivity index (χ0) is 14.5. The molecule has 2 aromatic rings. The fraction of sp³-hybridized carbons (Fsp3) is 0.385. The molecule has 0 saturated heterocycles. The number of nitrogens with two attached hydrogens (primary N) is 1. The van der Waals surface area contributed by atoms with E-state index in [-0.39, 0.29) is 11.9 Å². The van der Waals surface area contributed by atoms with Crippen LogP contribution in [0.1, 0.15) is 24.8 Å². The summed E-state index contributed by atoms with van der Waals surface area (Å²) in [6.45, 7) is 0.629. The number of hydrogen-bond acceptors (Lipinski definition) is 5. The quantitative estimate of drug-likeness (QED) is 0.816. The Morgan fingerprint density at radius 1 is 1.50 bits per heavy atom. The normalized spacial score (nSPS) is 12.6. The molecule has 20 heavy (non-hydrogen) atoms. The highest BCUT2D eigenvalue weighted by molar-refractivity contribution is 9.10. The summed E-state index contributed by atoms with van der Waals surface area (Å²) in [7, 11) is 1.64. The molecule has 0 fully saturated rings. The lowest BCUT2D eigenvalue weighted by atomic mass is 10.1. The maximum absolute atomic E-state index is 13.3. The van der Waals surface area contributed by atoms with Gasteiger partial charge in [0.25, 0.3) is 0 Å². The van der Waals surface area contributed by atoms with Gasteiger partial charge >= 0.3 is 0 Å². The van der Waals surface area contributed by atoms with Crippen LogP contribution in [0.4, 0.5) is 4.39 Å². The van der Waals surface area contributed by atoms with Gasteiger partial charge in [0.2, 0.25) is 11.7 Å². The molecule has 5 nitrogen and oxygen atoms in total. The fourth-order valence-electron chi connectivity index (χ4n) is 1.74. The van der Waals surface area contributed by atoms with E-state index in [2.05, 4.69) is 26.1 Å². The second-order valence-corrected chi connectivity index (χ2v) is 5.18. The Labute approximate surface area is 124 Å². The summed E-state index contributed by atoms with van der Waals surface area (Å²) < 4.78 is 24.0. The van der Waals surface area contributed by atoms with E-state index < -0.39 is 0 Å². The van der Waals surface area contributed by atoms with Crippen LogP contribution in [-0.4, -0.2) is 23.9 Å². The molecule has 0 spiro atoms. The van der Waals surface area contributed by atoms with Crippen molar-refractivity contribution in [1.29, 1.82) is 0 Å². The summed E-state index contributed by atoms with van der Waals surface area (Å²) in [4.78, 5) is 4.22. The zero-order valence-electron chi connectivity index (χ0n) is 11.0. The van der Waals surface area contributed by atoms with E-state index in [1.807, 2.05) is 0 Å². The molecule has 0 bridgehead atoms. The lowest BCUT2D eigenvalue weighted by molar-refractivity contribution is 0.188. The molecular weight excluding hydrogens is 329 g/mol. The zero-order valence-corrected chi connectivity index (χ0v) is 12.6. The molecular formula is C13H15BrFN3O2. The molecule has 1 aromatic heterocycles. The summed E-state index contributed by atoms with van der Waals surface area (Å²) >= 11 is 3.33. The number of halogens is 2. The Hall–Kier alpha value is -1.31. The van der Waals surface area contributed by atoms with Crippen molar-refractivity contribution in [2.24, 2.45) is 5.73 Å². The van der Waals surface area contributed by atoms with Gasteiger partial charge in [-0.25, -0.2) is 4.39 Å². The number of methoxy groups -OCH3 is 1. The molecule has 7 heteroatoms. The third kappa shape index (κ3) is 3.62. The summed E-state index contributed by atoms with van der Waals surface area (Å²) in [5.74, 6) is 0.291. The van der Waals surface area contributed by atoms with Gasteiger partial charge in [-0.3, -0.25) is 0 Å². The Kier molecular flexibility index (Phi) is 5.22. The Balaban J connectivity index is 2.14. The summed E-state index contributed by atoms with van der Waals surface area (Å²) in [5, 5.41) is 3.84. The number of aromatic nitrogens is 2. The molecule has 0 saturated carbocycles. The Bertz CT molecular complexity index is 576. The van der Waals surface area contributed by atoms with E-state index in [9.17, 15) is 4.39 Å². The van der Waals surface area contributed by atoms with Gasteiger partial charge in [0.05, 0.1) is 6.04 Å². The van der Waals surface area contributed by atoms with Gasteiger partial charge in [0.1, 0.15) is 5.82 Å². The van der Waals surface area contributed by atoms with Crippen molar-refractivity contribution < 1.29 is 13.7 Å². The van der Waals surface area contributed by atoms with Crippen molar-refractivity contribution in [1.82, 2.24) is 10.1 Å². The van der Waals surface area contributed by atoms with E-state index >= 15 is 0 Å². The summed E-state index contributed by atoms with van der Waals surface area (Å²) in [6.07, 6.45) is 1.48. The minimum atomic E-state index is -0.362. The molecule has 0 aliphatic rings. The smallest absolute Gasteiger partial charge is 0.243 e. The molecule has 2 N–H and O–H groups in total. The van der Waals surface area contributed by atoms with Crippen LogP contribution < -0.4 is 5.73 Å². The maximum atomic E-state index is 13.3. The first-order valence-electron chi connectivity index (χ1n) is 6.15. The molecule has 1 unspecified atom stereocenters. The molecule has 1 aromatic carbocycles. The average Bonchev–Trinajstić information content (AvgIpc) is 2.91. The van der Waals surface area contributed by atoms with Crippen molar-refractivity contribution in [3.63, 3.8) is 0 Å². The number of hydrogen-bond donors (Lipinski definition) is 1. The average molecular weight is 344 g/mol. The first-order valence-corrected chi connectivity index (χ1v) is 6.94. The van der Waals surface area contributed by atoms with Crippen LogP contribution in [0, 0.1) is 5.82 Å². The van der Waals surface area contributed by atoms with Crippen LogP contribution in [0.5, 0.6) is 0 Å². The standard InChI is InChI=1S/C13H15BrFN3O2/c1-19-6-2-3-11(16)13-17-12(18-20-13)9-7-8(15)4-5-10(9)14/h4-5,7,11H,2-3,6,16H2,1H3. The topological polar surface area (TPSA) is 74.2 Å². The summed E-state index contributed by atoms with van der Waals surface area (Å²) in [6, 6.07) is 3.94. The predicted molar refractivity (Wildman–Crippen MR) is 75.4 cm³/mol. The van der Waals surface area contributed by atoms with E-state index in [0.29, 0.717) is 34.8 Å². The highest BCUT2D eigenvalue weighted by Crippen LogP contribution is 2.27. The summed E-state index contributed by atoms with van der Waals surface area (Å²) in [5.41, 5.74) is 6.49. The third-order valence-electron chi connectivity index (χ3n) is 2.79. The second-order valence-electron chi connectivity index (χ2n) is 4.32. The van der Waals surface area contributed by atoms with Gasteiger partial charge in [-0.2, -0.15) is 4.98 Å². The lowest BCUT2D eigenvalue weighted by Crippen LogP contribution is -2.11.